The van der Waals surface area contributed by atoms with Crippen molar-refractivity contribution < 1.29 is 4.79 Å². The highest BCUT2D eigenvalue weighted by molar-refractivity contribution is 6.23. The van der Waals surface area contributed by atoms with Gasteiger partial charge in [0.1, 0.15) is 0 Å². The maximum atomic E-state index is 11.1. The minimum Gasteiger partial charge on any atom is -0.267 e. The number of hydrogen-bond donors (Lipinski definition) is 1. The van der Waals surface area contributed by atoms with Crippen molar-refractivity contribution in [1.82, 2.24) is 5.43 Å². The van der Waals surface area contributed by atoms with Crippen molar-refractivity contribution in [2.24, 2.45) is 11.0 Å². The van der Waals surface area contributed by atoms with Gasteiger partial charge in [0.05, 0.1) is 11.3 Å². The number of hydrazone groups is 1. The molecule has 0 bridgehead atoms. The van der Waals surface area contributed by atoms with E-state index in [2.05, 4.69) is 24.4 Å². The molecule has 1 atom stereocenters. The number of amides is 1. The number of nitrogens with one attached hydrogen (secondary N) is 1. The normalized spacial score (nSPS) is 22.4. The zero-order valence-corrected chi connectivity index (χ0v) is 7.72. The monoisotopic (exact) mass is 166 g/mol. The SMILES string of the molecule is CCC(C)/C=C1/C(=O)NN=C1C. The van der Waals surface area contributed by atoms with Gasteiger partial charge in [0, 0.05) is 0 Å². The lowest BCUT2D eigenvalue weighted by atomic mass is 10.0. The van der Waals surface area contributed by atoms with Crippen LogP contribution in [0, 0.1) is 5.92 Å². The van der Waals surface area contributed by atoms with Crippen LogP contribution >= 0.6 is 0 Å². The molecular weight excluding hydrogens is 152 g/mol. The van der Waals surface area contributed by atoms with Crippen molar-refractivity contribution in [3.63, 3.8) is 0 Å². The van der Waals surface area contributed by atoms with Crippen LogP contribution in [-0.4, -0.2) is 11.6 Å². The number of allylic oxidation sites excluding steroid dienone is 1. The first-order chi connectivity index (χ1) is 5.65. The van der Waals surface area contributed by atoms with Crippen molar-refractivity contribution in [3.05, 3.63) is 11.6 Å². The molecule has 0 aromatic heterocycles. The second-order valence-corrected chi connectivity index (χ2v) is 3.10. The second kappa shape index (κ2) is 3.52. The Balaban J connectivity index is 2.79. The summed E-state index contributed by atoms with van der Waals surface area (Å²) in [5.41, 5.74) is 3.95. The van der Waals surface area contributed by atoms with Crippen LogP contribution < -0.4 is 5.43 Å². The molecule has 3 nitrogen and oxygen atoms in total. The lowest BCUT2D eigenvalue weighted by molar-refractivity contribution is -0.116. The predicted octanol–water partition coefficient (Wildman–Crippen LogP) is 1.46. The van der Waals surface area contributed by atoms with E-state index in [9.17, 15) is 4.79 Å². The molecule has 1 heterocycles. The van der Waals surface area contributed by atoms with Crippen LogP contribution in [0.4, 0.5) is 0 Å². The molecule has 1 unspecified atom stereocenters. The van der Waals surface area contributed by atoms with E-state index >= 15 is 0 Å². The predicted molar refractivity (Wildman–Crippen MR) is 48.8 cm³/mol. The highest BCUT2D eigenvalue weighted by Crippen LogP contribution is 2.11. The Labute approximate surface area is 72.5 Å². The Morgan fingerprint density at radius 3 is 2.75 bits per heavy atom. The molecule has 1 rings (SSSR count). The third-order valence-electron chi connectivity index (χ3n) is 2.05. The number of rotatable bonds is 2. The molecule has 0 saturated heterocycles. The van der Waals surface area contributed by atoms with Crippen LogP contribution in [0.15, 0.2) is 16.8 Å². The van der Waals surface area contributed by atoms with E-state index in [1.54, 1.807) is 0 Å². The smallest absolute Gasteiger partial charge is 0.267 e. The van der Waals surface area contributed by atoms with Gasteiger partial charge in [-0.15, -0.1) is 0 Å². The van der Waals surface area contributed by atoms with Gasteiger partial charge in [-0.3, -0.25) is 4.79 Å². The average molecular weight is 166 g/mol. The number of carbonyl (C=O) groups excluding carboxylic acids is 1. The lowest BCUT2D eigenvalue weighted by Crippen LogP contribution is -2.13. The molecule has 0 radical (unpaired) electrons. The van der Waals surface area contributed by atoms with Gasteiger partial charge in [0.25, 0.3) is 5.91 Å². The minimum atomic E-state index is -0.0761. The quantitative estimate of drug-likeness (QED) is 0.620. The summed E-state index contributed by atoms with van der Waals surface area (Å²) in [7, 11) is 0. The molecule has 0 fully saturated rings. The van der Waals surface area contributed by atoms with Gasteiger partial charge in [0.2, 0.25) is 0 Å². The van der Waals surface area contributed by atoms with Crippen molar-refractivity contribution in [2.75, 3.05) is 0 Å². The van der Waals surface area contributed by atoms with Crippen LogP contribution in [0.5, 0.6) is 0 Å². The van der Waals surface area contributed by atoms with E-state index in [1.165, 1.54) is 0 Å². The van der Waals surface area contributed by atoms with Gasteiger partial charge in [0.15, 0.2) is 0 Å². The van der Waals surface area contributed by atoms with E-state index < -0.39 is 0 Å². The maximum absolute atomic E-state index is 11.1. The maximum Gasteiger partial charge on any atom is 0.272 e. The molecular formula is C9H14N2O. The van der Waals surface area contributed by atoms with E-state index in [1.807, 2.05) is 13.0 Å². The van der Waals surface area contributed by atoms with Crippen molar-refractivity contribution >= 4 is 11.6 Å². The minimum absolute atomic E-state index is 0.0761. The van der Waals surface area contributed by atoms with E-state index in [4.69, 9.17) is 0 Å². The first-order valence-electron chi connectivity index (χ1n) is 4.22. The molecule has 66 valence electrons. The van der Waals surface area contributed by atoms with Crippen LogP contribution in [0.2, 0.25) is 0 Å². The second-order valence-electron chi connectivity index (χ2n) is 3.10. The summed E-state index contributed by atoms with van der Waals surface area (Å²) in [5.74, 6) is 0.363. The summed E-state index contributed by atoms with van der Waals surface area (Å²) < 4.78 is 0. The Morgan fingerprint density at radius 2 is 2.33 bits per heavy atom. The highest BCUT2D eigenvalue weighted by Gasteiger charge is 2.18. The van der Waals surface area contributed by atoms with E-state index in [-0.39, 0.29) is 5.91 Å². The van der Waals surface area contributed by atoms with Gasteiger partial charge >= 0.3 is 0 Å². The molecule has 0 aromatic rings. The Morgan fingerprint density at radius 1 is 1.67 bits per heavy atom. The fraction of sp³-hybridized carbons (Fsp3) is 0.556. The van der Waals surface area contributed by atoms with Crippen LogP contribution in [0.1, 0.15) is 27.2 Å². The summed E-state index contributed by atoms with van der Waals surface area (Å²) in [6.45, 7) is 6.03. The van der Waals surface area contributed by atoms with Gasteiger partial charge in [-0.2, -0.15) is 5.10 Å². The van der Waals surface area contributed by atoms with Crippen molar-refractivity contribution in [2.45, 2.75) is 27.2 Å². The first kappa shape index (κ1) is 8.97. The fourth-order valence-electron chi connectivity index (χ4n) is 1.02. The molecule has 1 aliphatic rings. The molecule has 1 aliphatic heterocycles. The van der Waals surface area contributed by atoms with Gasteiger partial charge in [-0.25, -0.2) is 5.43 Å². The highest BCUT2D eigenvalue weighted by atomic mass is 16.2. The fourth-order valence-corrected chi connectivity index (χ4v) is 1.02. The molecule has 3 heteroatoms. The Kier molecular flexibility index (Phi) is 2.63. The van der Waals surface area contributed by atoms with Gasteiger partial charge < -0.3 is 0 Å². The van der Waals surface area contributed by atoms with Gasteiger partial charge in [-0.05, 0) is 12.8 Å². The average Bonchev–Trinajstić information content (AvgIpc) is 2.35. The molecule has 0 saturated carbocycles. The van der Waals surface area contributed by atoms with Gasteiger partial charge in [-0.1, -0.05) is 26.3 Å². The molecule has 1 N–H and O–H groups in total. The summed E-state index contributed by atoms with van der Waals surface area (Å²) in [5, 5.41) is 3.83. The Hall–Kier alpha value is -1.12. The van der Waals surface area contributed by atoms with Crippen molar-refractivity contribution in [1.29, 1.82) is 0 Å². The summed E-state index contributed by atoms with van der Waals surface area (Å²) in [4.78, 5) is 11.1. The summed E-state index contributed by atoms with van der Waals surface area (Å²) in [6.07, 6.45) is 3.02. The lowest BCUT2D eigenvalue weighted by Gasteiger charge is -2.01. The molecule has 0 spiro atoms. The van der Waals surface area contributed by atoms with Crippen molar-refractivity contribution in [3.8, 4) is 0 Å². The number of nitrogens with zero attached hydrogens (tertiary/aromatic N) is 1. The van der Waals surface area contributed by atoms with E-state index in [0.717, 1.165) is 17.7 Å². The summed E-state index contributed by atoms with van der Waals surface area (Å²) >= 11 is 0. The molecule has 0 aromatic carbocycles. The number of carbonyl (C=O) groups is 1. The van der Waals surface area contributed by atoms with Crippen LogP contribution in [0.25, 0.3) is 0 Å². The Bertz CT molecular complexity index is 253. The molecule has 0 aliphatic carbocycles. The largest absolute Gasteiger partial charge is 0.272 e. The summed E-state index contributed by atoms with van der Waals surface area (Å²) in [6, 6.07) is 0. The first-order valence-corrected chi connectivity index (χ1v) is 4.22. The van der Waals surface area contributed by atoms with Crippen LogP contribution in [-0.2, 0) is 4.79 Å². The van der Waals surface area contributed by atoms with E-state index in [0.29, 0.717) is 5.92 Å². The number of hydrogen-bond acceptors (Lipinski definition) is 2. The standard InChI is InChI=1S/C9H14N2O/c1-4-6(2)5-8-7(3)10-11-9(8)12/h5-6H,4H2,1-3H3,(H,11,12)/b8-5+. The molecule has 12 heavy (non-hydrogen) atoms. The zero-order valence-electron chi connectivity index (χ0n) is 7.72. The van der Waals surface area contributed by atoms with Crippen LogP contribution in [0.3, 0.4) is 0 Å². The third kappa shape index (κ3) is 1.72. The molecule has 1 amide bonds. The third-order valence-corrected chi connectivity index (χ3v) is 2.05. The zero-order chi connectivity index (χ0) is 9.14. The topological polar surface area (TPSA) is 41.5 Å².